The fourth-order valence-corrected chi connectivity index (χ4v) is 8.29. The van der Waals surface area contributed by atoms with Crippen LogP contribution in [0.25, 0.3) is 0 Å². The van der Waals surface area contributed by atoms with Gasteiger partial charge in [-0.2, -0.15) is 0 Å². The zero-order valence-electron chi connectivity index (χ0n) is 32.9. The van der Waals surface area contributed by atoms with E-state index in [1.54, 1.807) is 30.3 Å². The highest BCUT2D eigenvalue weighted by Gasteiger charge is 2.46. The number of halogens is 3. The van der Waals surface area contributed by atoms with Crippen LogP contribution < -0.4 is 20.7 Å². The van der Waals surface area contributed by atoms with Crippen molar-refractivity contribution in [2.75, 3.05) is 26.2 Å². The van der Waals surface area contributed by atoms with Gasteiger partial charge in [0.25, 0.3) is 0 Å². The Balaban J connectivity index is 1.27. The van der Waals surface area contributed by atoms with Gasteiger partial charge in [-0.25, -0.2) is 4.79 Å². The molecule has 18 heteroatoms. The van der Waals surface area contributed by atoms with E-state index in [-0.39, 0.29) is 51.2 Å². The molecule has 0 bridgehead atoms. The van der Waals surface area contributed by atoms with Crippen molar-refractivity contribution in [3.05, 3.63) is 65.7 Å². The van der Waals surface area contributed by atoms with E-state index in [0.29, 0.717) is 36.8 Å². The molecule has 15 nitrogen and oxygen atoms in total. The molecular weight excluding hydrogens is 777 g/mol. The summed E-state index contributed by atoms with van der Waals surface area (Å²) in [6.45, 7) is 3.38. The molecule has 4 fully saturated rings. The van der Waals surface area contributed by atoms with Crippen LogP contribution in [0.3, 0.4) is 0 Å². The predicted octanol–water partition coefficient (Wildman–Crippen LogP) is 2.01. The largest absolute Gasteiger partial charge is 0.573 e. The van der Waals surface area contributed by atoms with Gasteiger partial charge in [0.05, 0.1) is 6.42 Å². The molecule has 2 aromatic carbocycles. The van der Waals surface area contributed by atoms with Gasteiger partial charge in [-0.05, 0) is 74.6 Å². The van der Waals surface area contributed by atoms with Crippen LogP contribution >= 0.6 is 0 Å². The highest BCUT2D eigenvalue weighted by atomic mass is 19.4. The zero-order chi connectivity index (χ0) is 42.4. The van der Waals surface area contributed by atoms with Crippen molar-refractivity contribution in [2.45, 2.75) is 108 Å². The number of nitrogens with zero attached hydrogens (tertiary/aromatic N) is 3. The van der Waals surface area contributed by atoms with Crippen molar-refractivity contribution in [3.63, 3.8) is 0 Å². The molecule has 0 saturated carbocycles. The summed E-state index contributed by atoms with van der Waals surface area (Å²) in [4.78, 5) is 102. The molecule has 6 amide bonds. The third-order valence-electron chi connectivity index (χ3n) is 11.2. The van der Waals surface area contributed by atoms with E-state index in [1.807, 2.05) is 6.92 Å². The molecule has 4 aliphatic heterocycles. The number of alkyl halides is 3. The van der Waals surface area contributed by atoms with Crippen LogP contribution in [0.5, 0.6) is 5.75 Å². The maximum Gasteiger partial charge on any atom is 0.573 e. The summed E-state index contributed by atoms with van der Waals surface area (Å²) in [5, 5.41) is 8.10. The normalized spacial score (nSPS) is 26.3. The van der Waals surface area contributed by atoms with Gasteiger partial charge in [-0.1, -0.05) is 49.4 Å². The number of hydrogen-bond donors (Lipinski definition) is 3. The second-order valence-electron chi connectivity index (χ2n) is 15.7. The minimum Gasteiger partial charge on any atom is -0.461 e. The van der Waals surface area contributed by atoms with Gasteiger partial charge in [0.15, 0.2) is 0 Å². The molecular formula is C41H49F3N6O9. The smallest absolute Gasteiger partial charge is 0.461 e. The van der Waals surface area contributed by atoms with Crippen LogP contribution in [-0.2, 0) is 51.1 Å². The van der Waals surface area contributed by atoms with E-state index in [2.05, 4.69) is 20.7 Å². The van der Waals surface area contributed by atoms with Gasteiger partial charge in [0.1, 0.15) is 48.6 Å². The first kappa shape index (κ1) is 42.9. The summed E-state index contributed by atoms with van der Waals surface area (Å²) in [6, 6.07) is 6.71. The molecule has 0 radical (unpaired) electrons. The number of esters is 1. The lowest BCUT2D eigenvalue weighted by Crippen LogP contribution is -2.62. The molecule has 0 aromatic heterocycles. The first-order valence-electron chi connectivity index (χ1n) is 19.9. The number of ether oxygens (including phenoxy) is 2. The van der Waals surface area contributed by atoms with Crippen LogP contribution in [0.15, 0.2) is 54.6 Å². The maximum absolute atomic E-state index is 14.5. The van der Waals surface area contributed by atoms with E-state index in [0.717, 1.165) is 12.1 Å². The highest BCUT2D eigenvalue weighted by Crippen LogP contribution is 2.28. The fraction of sp³-hybridized carbons (Fsp3) is 0.537. The Morgan fingerprint density at radius 3 is 2.22 bits per heavy atom. The molecule has 318 valence electrons. The number of nitrogens with one attached hydrogen (secondary N) is 3. The number of cyclic esters (lactones) is 1. The minimum absolute atomic E-state index is 0.0318. The molecule has 4 saturated heterocycles. The van der Waals surface area contributed by atoms with Crippen molar-refractivity contribution >= 4 is 41.4 Å². The molecule has 7 atom stereocenters. The van der Waals surface area contributed by atoms with Crippen LogP contribution in [0.2, 0.25) is 0 Å². The maximum atomic E-state index is 14.5. The van der Waals surface area contributed by atoms with E-state index >= 15 is 0 Å². The lowest BCUT2D eigenvalue weighted by atomic mass is 9.99. The summed E-state index contributed by atoms with van der Waals surface area (Å²) in [7, 11) is 0. The Kier molecular flexibility index (Phi) is 13.5. The topological polar surface area (TPSA) is 184 Å². The minimum atomic E-state index is -4.89. The fourth-order valence-electron chi connectivity index (χ4n) is 8.29. The Morgan fingerprint density at radius 2 is 1.51 bits per heavy atom. The van der Waals surface area contributed by atoms with Gasteiger partial charge in [-0.15, -0.1) is 13.2 Å². The number of piperidine rings is 1. The molecule has 4 heterocycles. The number of hydrogen-bond acceptors (Lipinski definition) is 9. The van der Waals surface area contributed by atoms with E-state index in [1.165, 1.54) is 33.8 Å². The number of carbonyl (C=O) groups excluding carboxylic acids is 7. The molecule has 0 aliphatic carbocycles. The monoisotopic (exact) mass is 826 g/mol. The average Bonchev–Trinajstić information content (AvgIpc) is 3.86. The van der Waals surface area contributed by atoms with Crippen molar-refractivity contribution in [2.24, 2.45) is 5.92 Å². The van der Waals surface area contributed by atoms with Crippen LogP contribution in [0, 0.1) is 5.92 Å². The number of fused-ring (bicyclic) bond motifs is 3. The summed E-state index contributed by atoms with van der Waals surface area (Å²) in [5.41, 5.74) is 0.980. The first-order valence-corrected chi connectivity index (χ1v) is 19.9. The van der Waals surface area contributed by atoms with E-state index in [4.69, 9.17) is 4.74 Å². The van der Waals surface area contributed by atoms with Gasteiger partial charge in [0.2, 0.25) is 35.4 Å². The van der Waals surface area contributed by atoms with Gasteiger partial charge >= 0.3 is 12.3 Å². The number of rotatable bonds is 8. The summed E-state index contributed by atoms with van der Waals surface area (Å²) in [5.74, 6) is -4.99. The molecule has 2 aromatic rings. The van der Waals surface area contributed by atoms with E-state index < -0.39 is 96.4 Å². The predicted molar refractivity (Wildman–Crippen MR) is 203 cm³/mol. The number of carbonyl (C=O) groups is 7. The molecule has 59 heavy (non-hydrogen) atoms. The summed E-state index contributed by atoms with van der Waals surface area (Å²) in [6.07, 6.45) is -2.57. The second kappa shape index (κ2) is 18.5. The molecule has 6 rings (SSSR count). The Labute approximate surface area is 339 Å². The lowest BCUT2D eigenvalue weighted by Gasteiger charge is -2.39. The van der Waals surface area contributed by atoms with Crippen molar-refractivity contribution in [1.82, 2.24) is 30.7 Å². The van der Waals surface area contributed by atoms with Crippen molar-refractivity contribution in [1.29, 1.82) is 0 Å². The second-order valence-corrected chi connectivity index (χ2v) is 15.7. The average molecular weight is 827 g/mol. The van der Waals surface area contributed by atoms with Crippen molar-refractivity contribution in [3.8, 4) is 5.75 Å². The SMILES string of the molecule is C[C@@H]1CC2C(=O)OC[C@H](NC(=O)[C@H](Cc3ccccc3)NC(=O)Cc3ccc(OC(F)(F)F)cc3)C(=O)N3CCC[C@H]3C(=O)N3CCCC[C@H]3C(=O)N[C@@H](C)C(=O)N2C1. The zero-order valence-corrected chi connectivity index (χ0v) is 32.9. The Hall–Kier alpha value is -5.68. The van der Waals surface area contributed by atoms with E-state index in [9.17, 15) is 46.7 Å². The highest BCUT2D eigenvalue weighted by molar-refractivity contribution is 5.98. The lowest BCUT2D eigenvalue weighted by molar-refractivity contribution is -0.274. The Morgan fingerprint density at radius 1 is 0.831 bits per heavy atom. The van der Waals surface area contributed by atoms with Crippen LogP contribution in [0.1, 0.15) is 63.5 Å². The molecule has 3 N–H and O–H groups in total. The quantitative estimate of drug-likeness (QED) is 0.336. The van der Waals surface area contributed by atoms with Gasteiger partial charge < -0.3 is 40.1 Å². The third kappa shape index (κ3) is 10.7. The summed E-state index contributed by atoms with van der Waals surface area (Å²) < 4.78 is 47.6. The first-order chi connectivity index (χ1) is 28.1. The molecule has 1 unspecified atom stereocenters. The standard InChI is InChI=1S/C41H49F3N6O9/c1-24-19-33-40(57)58-23-30(38(55)49-18-8-12-32(49)39(56)48-17-7-6-11-31(48)36(53)45-25(2)37(54)50(33)22-24)47-35(52)29(20-26-9-4-3-5-10-26)46-34(51)21-27-13-15-28(16-14-27)59-41(42,43)44/h3-5,9-10,13-16,24-25,29-33H,6-8,11-12,17-23H2,1-2H3,(H,45,53)(H,46,51)(H,47,52)/t24-,25+,29+,30+,31+,32+,33?/m1/s1. The molecule has 4 aliphatic rings. The molecule has 0 spiro atoms. The van der Waals surface area contributed by atoms with Gasteiger partial charge in [-0.3, -0.25) is 28.8 Å². The third-order valence-corrected chi connectivity index (χ3v) is 11.2. The van der Waals surface area contributed by atoms with Crippen molar-refractivity contribution < 1.29 is 56.2 Å². The number of benzene rings is 2. The van der Waals surface area contributed by atoms with Gasteiger partial charge in [0, 0.05) is 26.1 Å². The summed E-state index contributed by atoms with van der Waals surface area (Å²) >= 11 is 0. The van der Waals surface area contributed by atoms with Crippen LogP contribution in [-0.4, -0.2) is 125 Å². The van der Waals surface area contributed by atoms with Crippen LogP contribution in [0.4, 0.5) is 13.2 Å². The number of amides is 6. The Bertz CT molecular complexity index is 1900.